The van der Waals surface area contributed by atoms with E-state index < -0.39 is 5.92 Å². The number of amides is 1. The van der Waals surface area contributed by atoms with Crippen LogP contribution >= 0.6 is 0 Å². The quantitative estimate of drug-likeness (QED) is 0.604. The molecule has 138 valence electrons. The number of nitrogens with zero attached hydrogens (tertiary/aromatic N) is 5. The standard InChI is InChI=1S/C21H23N5O/c1-15(23-22-14-17-10-12-18(13-11-17)25(3)4)20-16(2)24-26(21(20)27)19-8-6-5-7-9-19/h5-14,20H,1-4H3/b22-14+,23-15+. The van der Waals surface area contributed by atoms with Crippen LogP contribution in [-0.2, 0) is 4.79 Å². The molecular formula is C21H23N5O. The third-order valence-corrected chi connectivity index (χ3v) is 4.38. The molecule has 2 aromatic rings. The summed E-state index contributed by atoms with van der Waals surface area (Å²) in [6.07, 6.45) is 1.68. The van der Waals surface area contributed by atoms with Crippen molar-refractivity contribution >= 4 is 34.9 Å². The lowest BCUT2D eigenvalue weighted by Crippen LogP contribution is -2.31. The van der Waals surface area contributed by atoms with Gasteiger partial charge in [-0.25, -0.2) is 0 Å². The first-order valence-corrected chi connectivity index (χ1v) is 8.76. The van der Waals surface area contributed by atoms with E-state index in [4.69, 9.17) is 0 Å². The summed E-state index contributed by atoms with van der Waals surface area (Å²) >= 11 is 0. The molecule has 0 radical (unpaired) electrons. The molecule has 0 bridgehead atoms. The van der Waals surface area contributed by atoms with Crippen molar-refractivity contribution in [1.29, 1.82) is 0 Å². The highest BCUT2D eigenvalue weighted by molar-refractivity contribution is 6.27. The van der Waals surface area contributed by atoms with Crippen LogP contribution in [0.25, 0.3) is 0 Å². The maximum absolute atomic E-state index is 12.8. The summed E-state index contributed by atoms with van der Waals surface area (Å²) in [6.45, 7) is 3.65. The van der Waals surface area contributed by atoms with E-state index in [9.17, 15) is 4.79 Å². The van der Waals surface area contributed by atoms with Gasteiger partial charge in [0.25, 0.3) is 5.91 Å². The van der Waals surface area contributed by atoms with E-state index in [2.05, 4.69) is 15.3 Å². The minimum atomic E-state index is -0.474. The first-order chi connectivity index (χ1) is 13.0. The van der Waals surface area contributed by atoms with Gasteiger partial charge >= 0.3 is 0 Å². The van der Waals surface area contributed by atoms with Gasteiger partial charge in [0, 0.05) is 19.8 Å². The van der Waals surface area contributed by atoms with E-state index in [1.807, 2.05) is 87.4 Å². The molecule has 1 unspecified atom stereocenters. The van der Waals surface area contributed by atoms with Gasteiger partial charge in [-0.05, 0) is 43.7 Å². The molecule has 1 aliphatic rings. The van der Waals surface area contributed by atoms with Crippen molar-refractivity contribution < 1.29 is 4.79 Å². The van der Waals surface area contributed by atoms with Gasteiger partial charge in [-0.3, -0.25) is 4.79 Å². The maximum Gasteiger partial charge on any atom is 0.262 e. The zero-order valence-corrected chi connectivity index (χ0v) is 16.0. The Morgan fingerprint density at radius 3 is 2.41 bits per heavy atom. The van der Waals surface area contributed by atoms with Crippen LogP contribution in [0, 0.1) is 5.92 Å². The van der Waals surface area contributed by atoms with Crippen molar-refractivity contribution in [2.45, 2.75) is 13.8 Å². The van der Waals surface area contributed by atoms with Crippen LogP contribution in [-0.4, -0.2) is 37.6 Å². The fourth-order valence-corrected chi connectivity index (χ4v) is 2.90. The number of hydrogen-bond donors (Lipinski definition) is 0. The summed E-state index contributed by atoms with van der Waals surface area (Å²) in [5.41, 5.74) is 4.17. The average molecular weight is 361 g/mol. The van der Waals surface area contributed by atoms with Crippen molar-refractivity contribution in [2.24, 2.45) is 21.2 Å². The zero-order valence-electron chi connectivity index (χ0n) is 16.0. The van der Waals surface area contributed by atoms with Gasteiger partial charge in [-0.1, -0.05) is 30.3 Å². The van der Waals surface area contributed by atoms with E-state index in [-0.39, 0.29) is 5.91 Å². The number of benzene rings is 2. The Kier molecular flexibility index (Phi) is 5.45. The average Bonchev–Trinajstić information content (AvgIpc) is 2.97. The smallest absolute Gasteiger partial charge is 0.262 e. The Morgan fingerprint density at radius 2 is 1.78 bits per heavy atom. The molecule has 6 nitrogen and oxygen atoms in total. The Bertz CT molecular complexity index is 898. The molecule has 1 atom stereocenters. The Balaban J connectivity index is 1.72. The van der Waals surface area contributed by atoms with Gasteiger partial charge in [0.15, 0.2) is 0 Å². The van der Waals surface area contributed by atoms with Gasteiger partial charge in [-0.15, -0.1) is 0 Å². The number of hydrogen-bond acceptors (Lipinski definition) is 5. The predicted molar refractivity (Wildman–Crippen MR) is 112 cm³/mol. The summed E-state index contributed by atoms with van der Waals surface area (Å²) < 4.78 is 0. The zero-order chi connectivity index (χ0) is 19.4. The molecule has 0 saturated heterocycles. The van der Waals surface area contributed by atoms with E-state index in [1.165, 1.54) is 5.01 Å². The number of hydrazone groups is 1. The summed E-state index contributed by atoms with van der Waals surface area (Å²) in [7, 11) is 4.00. The van der Waals surface area contributed by atoms with Gasteiger partial charge < -0.3 is 4.90 Å². The van der Waals surface area contributed by atoms with Crippen LogP contribution < -0.4 is 9.91 Å². The second kappa shape index (κ2) is 7.95. The molecule has 1 amide bonds. The number of rotatable bonds is 5. The fourth-order valence-electron chi connectivity index (χ4n) is 2.90. The van der Waals surface area contributed by atoms with Crippen molar-refractivity contribution in [3.63, 3.8) is 0 Å². The molecule has 0 spiro atoms. The molecular weight excluding hydrogens is 338 g/mol. The molecule has 0 N–H and O–H groups in total. The molecule has 27 heavy (non-hydrogen) atoms. The number of anilines is 2. The van der Waals surface area contributed by atoms with E-state index in [0.717, 1.165) is 22.6 Å². The number of carbonyl (C=O) groups is 1. The summed E-state index contributed by atoms with van der Waals surface area (Å²) in [6, 6.07) is 17.4. The molecule has 1 heterocycles. The minimum absolute atomic E-state index is 0.106. The third kappa shape index (κ3) is 4.11. The van der Waals surface area contributed by atoms with Gasteiger partial charge in [0.2, 0.25) is 0 Å². The van der Waals surface area contributed by atoms with Gasteiger partial charge in [0.1, 0.15) is 5.92 Å². The van der Waals surface area contributed by atoms with Crippen LogP contribution in [0.4, 0.5) is 11.4 Å². The van der Waals surface area contributed by atoms with Gasteiger partial charge in [0.05, 0.1) is 23.3 Å². The fraction of sp³-hybridized carbons (Fsp3) is 0.238. The minimum Gasteiger partial charge on any atom is -0.378 e. The SMILES string of the molecule is CC1=NN(c2ccccc2)C(=O)C1/C(C)=N/N=C/c1ccc(N(C)C)cc1. The molecule has 1 aliphatic heterocycles. The van der Waals surface area contributed by atoms with Crippen molar-refractivity contribution in [1.82, 2.24) is 0 Å². The Morgan fingerprint density at radius 1 is 1.11 bits per heavy atom. The Labute approximate surface area is 159 Å². The summed E-state index contributed by atoms with van der Waals surface area (Å²) in [5.74, 6) is -0.580. The number of para-hydroxylation sites is 1. The lowest BCUT2D eigenvalue weighted by molar-refractivity contribution is -0.118. The third-order valence-electron chi connectivity index (χ3n) is 4.38. The molecule has 2 aromatic carbocycles. The molecule has 3 rings (SSSR count). The van der Waals surface area contributed by atoms with Crippen molar-refractivity contribution in [3.8, 4) is 0 Å². The monoisotopic (exact) mass is 361 g/mol. The van der Waals surface area contributed by atoms with Crippen molar-refractivity contribution in [3.05, 3.63) is 60.2 Å². The van der Waals surface area contributed by atoms with E-state index in [0.29, 0.717) is 5.71 Å². The predicted octanol–water partition coefficient (Wildman–Crippen LogP) is 3.59. The highest BCUT2D eigenvalue weighted by Crippen LogP contribution is 2.24. The maximum atomic E-state index is 12.8. The highest BCUT2D eigenvalue weighted by Gasteiger charge is 2.36. The van der Waals surface area contributed by atoms with Crippen LogP contribution in [0.3, 0.4) is 0 Å². The van der Waals surface area contributed by atoms with E-state index >= 15 is 0 Å². The molecule has 0 fully saturated rings. The Hall–Kier alpha value is -3.28. The lowest BCUT2D eigenvalue weighted by atomic mass is 9.99. The largest absolute Gasteiger partial charge is 0.378 e. The first kappa shape index (κ1) is 18.5. The van der Waals surface area contributed by atoms with E-state index in [1.54, 1.807) is 6.21 Å². The molecule has 0 aliphatic carbocycles. The summed E-state index contributed by atoms with van der Waals surface area (Å²) in [5, 5.41) is 14.2. The molecule has 6 heteroatoms. The lowest BCUT2D eigenvalue weighted by Gasteiger charge is -2.13. The second-order valence-electron chi connectivity index (χ2n) is 6.63. The van der Waals surface area contributed by atoms with Crippen LogP contribution in [0.1, 0.15) is 19.4 Å². The number of carbonyl (C=O) groups excluding carboxylic acids is 1. The van der Waals surface area contributed by atoms with Crippen LogP contribution in [0.5, 0.6) is 0 Å². The topological polar surface area (TPSA) is 60.6 Å². The summed E-state index contributed by atoms with van der Waals surface area (Å²) in [4.78, 5) is 14.8. The molecule has 0 aromatic heterocycles. The second-order valence-corrected chi connectivity index (χ2v) is 6.63. The van der Waals surface area contributed by atoms with Gasteiger partial charge in [-0.2, -0.15) is 20.3 Å². The van der Waals surface area contributed by atoms with Crippen LogP contribution in [0.15, 0.2) is 69.9 Å². The normalized spacial score (nSPS) is 17.6. The first-order valence-electron chi connectivity index (χ1n) is 8.76. The van der Waals surface area contributed by atoms with Crippen molar-refractivity contribution in [2.75, 3.05) is 24.0 Å². The highest BCUT2D eigenvalue weighted by atomic mass is 16.2. The molecule has 0 saturated carbocycles. The van der Waals surface area contributed by atoms with Crippen LogP contribution in [0.2, 0.25) is 0 Å².